The zero-order valence-electron chi connectivity index (χ0n) is 18.9. The topological polar surface area (TPSA) is 120 Å². The summed E-state index contributed by atoms with van der Waals surface area (Å²) in [5.41, 5.74) is 1.44. The molecule has 0 saturated heterocycles. The predicted octanol–water partition coefficient (Wildman–Crippen LogP) is 3.20. The number of methoxy groups -OCH3 is 2. The molecule has 2 unspecified atom stereocenters. The smallest absolute Gasteiger partial charge is 0.340 e. The van der Waals surface area contributed by atoms with Gasteiger partial charge in [-0.2, -0.15) is 0 Å². The normalized spacial score (nSPS) is 16.8. The van der Waals surface area contributed by atoms with Gasteiger partial charge >= 0.3 is 5.97 Å². The summed E-state index contributed by atoms with van der Waals surface area (Å²) in [4.78, 5) is 44.9. The summed E-state index contributed by atoms with van der Waals surface area (Å²) in [6.45, 7) is 3.59. The number of carbonyl (C=O) groups is 2. The van der Waals surface area contributed by atoms with Crippen LogP contribution in [0.15, 0.2) is 35.1 Å². The number of amides is 1. The molecule has 0 spiro atoms. The maximum absolute atomic E-state index is 13.0. The summed E-state index contributed by atoms with van der Waals surface area (Å²) in [7, 11) is 2.91. The number of rotatable bonds is 7. The number of hydrogen-bond acceptors (Lipinski definition) is 7. The minimum Gasteiger partial charge on any atom is -0.493 e. The number of benzene rings is 2. The van der Waals surface area contributed by atoms with Crippen molar-refractivity contribution in [1.29, 1.82) is 0 Å². The van der Waals surface area contributed by atoms with Crippen LogP contribution in [0.2, 0.25) is 0 Å². The summed E-state index contributed by atoms with van der Waals surface area (Å²) >= 11 is 0. The summed E-state index contributed by atoms with van der Waals surface area (Å²) in [5.74, 6) is 0.242. The number of ether oxygens (including phenoxy) is 3. The molecule has 3 aromatic rings. The molecule has 9 heteroatoms. The van der Waals surface area contributed by atoms with Crippen molar-refractivity contribution in [2.45, 2.75) is 26.9 Å². The Labute approximate surface area is 190 Å². The first-order chi connectivity index (χ1) is 15.8. The standard InChI is InChI=1S/C24H25N3O6/c1-12-6-5-7-14-21(12)26-20(27-22(14)28)11-33-24(30)16-9-18(31-3)19(32-4)10-17(16)25-23(29)15-8-13(15)2/h5-7,9-10,13,15H,8,11H2,1-4H3,(H,25,29)(H,26,27,28). The quantitative estimate of drug-likeness (QED) is 0.529. The van der Waals surface area contributed by atoms with E-state index in [1.165, 1.54) is 26.4 Å². The van der Waals surface area contributed by atoms with E-state index in [1.807, 2.05) is 19.9 Å². The second kappa shape index (κ2) is 8.93. The molecule has 2 atom stereocenters. The van der Waals surface area contributed by atoms with Crippen molar-refractivity contribution >= 4 is 28.5 Å². The second-order valence-electron chi connectivity index (χ2n) is 8.12. The van der Waals surface area contributed by atoms with Crippen molar-refractivity contribution in [2.24, 2.45) is 11.8 Å². The van der Waals surface area contributed by atoms with E-state index < -0.39 is 5.97 Å². The Morgan fingerprint density at radius 2 is 1.88 bits per heavy atom. The van der Waals surface area contributed by atoms with Crippen LogP contribution < -0.4 is 20.3 Å². The minimum absolute atomic E-state index is 0.0860. The number of nitrogens with zero attached hydrogens (tertiary/aromatic N) is 1. The van der Waals surface area contributed by atoms with E-state index >= 15 is 0 Å². The molecule has 1 saturated carbocycles. The highest BCUT2D eigenvalue weighted by Gasteiger charge is 2.39. The van der Waals surface area contributed by atoms with E-state index in [-0.39, 0.29) is 41.1 Å². The fraction of sp³-hybridized carbons (Fsp3) is 0.333. The van der Waals surface area contributed by atoms with E-state index in [2.05, 4.69) is 15.3 Å². The molecule has 2 aromatic carbocycles. The summed E-state index contributed by atoms with van der Waals surface area (Å²) < 4.78 is 16.0. The number of nitrogens with one attached hydrogen (secondary N) is 2. The van der Waals surface area contributed by atoms with Gasteiger partial charge in [-0.05, 0) is 30.9 Å². The van der Waals surface area contributed by atoms with Crippen LogP contribution >= 0.6 is 0 Å². The molecule has 172 valence electrons. The maximum atomic E-state index is 13.0. The van der Waals surface area contributed by atoms with Crippen LogP contribution in [-0.2, 0) is 16.1 Å². The lowest BCUT2D eigenvalue weighted by molar-refractivity contribution is -0.117. The number of H-pyrrole nitrogens is 1. The Hall–Kier alpha value is -3.88. The zero-order valence-corrected chi connectivity index (χ0v) is 18.9. The fourth-order valence-corrected chi connectivity index (χ4v) is 3.70. The zero-order chi connectivity index (χ0) is 23.7. The largest absolute Gasteiger partial charge is 0.493 e. The van der Waals surface area contributed by atoms with Crippen LogP contribution in [0.5, 0.6) is 11.5 Å². The third-order valence-corrected chi connectivity index (χ3v) is 5.77. The van der Waals surface area contributed by atoms with E-state index in [4.69, 9.17) is 14.2 Å². The fourth-order valence-electron chi connectivity index (χ4n) is 3.70. The van der Waals surface area contributed by atoms with E-state index in [1.54, 1.807) is 12.1 Å². The van der Waals surface area contributed by atoms with Crippen molar-refractivity contribution in [2.75, 3.05) is 19.5 Å². The number of fused-ring (bicyclic) bond motifs is 1. The summed E-state index contributed by atoms with van der Waals surface area (Å²) in [5, 5.41) is 3.26. The Morgan fingerprint density at radius 3 is 2.55 bits per heavy atom. The van der Waals surface area contributed by atoms with Crippen LogP contribution in [0.4, 0.5) is 5.69 Å². The van der Waals surface area contributed by atoms with Crippen molar-refractivity contribution in [3.05, 3.63) is 57.6 Å². The van der Waals surface area contributed by atoms with Crippen LogP contribution in [0.25, 0.3) is 10.9 Å². The van der Waals surface area contributed by atoms with Crippen LogP contribution in [0, 0.1) is 18.8 Å². The van der Waals surface area contributed by atoms with Gasteiger partial charge in [0.25, 0.3) is 5.56 Å². The predicted molar refractivity (Wildman–Crippen MR) is 122 cm³/mol. The van der Waals surface area contributed by atoms with Crippen molar-refractivity contribution in [3.63, 3.8) is 0 Å². The lowest BCUT2D eigenvalue weighted by Gasteiger charge is -2.15. The number of anilines is 1. The third kappa shape index (κ3) is 4.52. The molecule has 0 aliphatic heterocycles. The Bertz CT molecular complexity index is 1300. The number of aromatic amines is 1. The van der Waals surface area contributed by atoms with E-state index in [0.717, 1.165) is 12.0 Å². The van der Waals surface area contributed by atoms with E-state index in [9.17, 15) is 14.4 Å². The molecule has 0 radical (unpaired) electrons. The molecule has 9 nitrogen and oxygen atoms in total. The minimum atomic E-state index is -0.706. The lowest BCUT2D eigenvalue weighted by Crippen LogP contribution is -2.19. The van der Waals surface area contributed by atoms with Gasteiger partial charge in [0, 0.05) is 18.1 Å². The van der Waals surface area contributed by atoms with Crippen molar-refractivity contribution in [3.8, 4) is 11.5 Å². The highest BCUT2D eigenvalue weighted by molar-refractivity contribution is 6.03. The van der Waals surface area contributed by atoms with Crippen LogP contribution in [0.1, 0.15) is 35.1 Å². The summed E-state index contributed by atoms with van der Waals surface area (Å²) in [6, 6.07) is 8.30. The van der Waals surface area contributed by atoms with Crippen LogP contribution in [0.3, 0.4) is 0 Å². The number of para-hydroxylation sites is 1. The molecule has 0 bridgehead atoms. The van der Waals surface area contributed by atoms with Crippen LogP contribution in [-0.4, -0.2) is 36.1 Å². The highest BCUT2D eigenvalue weighted by atomic mass is 16.5. The molecule has 1 heterocycles. The molecule has 1 aliphatic carbocycles. The van der Waals surface area contributed by atoms with Gasteiger partial charge in [-0.1, -0.05) is 19.1 Å². The molecule has 1 aliphatic rings. The Morgan fingerprint density at radius 1 is 1.18 bits per heavy atom. The molecule has 33 heavy (non-hydrogen) atoms. The average molecular weight is 451 g/mol. The molecule has 1 aromatic heterocycles. The number of carbonyl (C=O) groups excluding carboxylic acids is 2. The van der Waals surface area contributed by atoms with Gasteiger partial charge in [0.05, 0.1) is 36.4 Å². The molecule has 4 rings (SSSR count). The Balaban J connectivity index is 1.60. The molecular formula is C24H25N3O6. The summed E-state index contributed by atoms with van der Waals surface area (Å²) in [6.07, 6.45) is 0.805. The number of hydrogen-bond donors (Lipinski definition) is 2. The Kier molecular flexibility index (Phi) is 6.04. The lowest BCUT2D eigenvalue weighted by atomic mass is 10.1. The highest BCUT2D eigenvalue weighted by Crippen LogP contribution is 2.40. The van der Waals surface area contributed by atoms with Gasteiger partial charge < -0.3 is 24.5 Å². The molecular weight excluding hydrogens is 426 g/mol. The number of esters is 1. The van der Waals surface area contributed by atoms with Gasteiger partial charge in [0.15, 0.2) is 11.5 Å². The van der Waals surface area contributed by atoms with Crippen molar-refractivity contribution < 1.29 is 23.8 Å². The molecule has 1 amide bonds. The molecule has 1 fully saturated rings. The maximum Gasteiger partial charge on any atom is 0.340 e. The van der Waals surface area contributed by atoms with E-state index in [0.29, 0.717) is 28.3 Å². The van der Waals surface area contributed by atoms with Gasteiger partial charge in [-0.3, -0.25) is 9.59 Å². The average Bonchev–Trinajstić information content (AvgIpc) is 3.54. The van der Waals surface area contributed by atoms with Gasteiger partial charge in [0.1, 0.15) is 12.4 Å². The van der Waals surface area contributed by atoms with Gasteiger partial charge in [0.2, 0.25) is 5.91 Å². The molecule has 2 N–H and O–H groups in total. The number of aromatic nitrogens is 2. The second-order valence-corrected chi connectivity index (χ2v) is 8.12. The van der Waals surface area contributed by atoms with Gasteiger partial charge in [-0.25, -0.2) is 9.78 Å². The monoisotopic (exact) mass is 451 g/mol. The first-order valence-electron chi connectivity index (χ1n) is 10.5. The van der Waals surface area contributed by atoms with Crippen molar-refractivity contribution in [1.82, 2.24) is 9.97 Å². The first kappa shape index (κ1) is 22.3. The third-order valence-electron chi connectivity index (χ3n) is 5.77. The first-order valence-corrected chi connectivity index (χ1v) is 10.5. The number of aryl methyl sites for hydroxylation is 1. The SMILES string of the molecule is COc1cc(NC(=O)C2CC2C)c(C(=O)OCc2nc3c(C)cccc3c(=O)[nH]2)cc1OC. The van der Waals surface area contributed by atoms with Gasteiger partial charge in [-0.15, -0.1) is 0 Å².